The number of nitrogens with one attached hydrogen (secondary N) is 2. The Hall–Kier alpha value is -2.51. The first-order chi connectivity index (χ1) is 10.3. The maximum atomic E-state index is 13.0. The third-order valence-electron chi connectivity index (χ3n) is 2.61. The molecule has 0 unspecified atom stereocenters. The number of benzene rings is 1. The van der Waals surface area contributed by atoms with Gasteiger partial charge in [-0.1, -0.05) is 0 Å². The minimum Gasteiger partial charge on any atom is -0.452 e. The standard InChI is InChI=1S/C14H16F2N2O4/c1-3-17-13(20)8(2)18-12(19)7-22-14(21)9-4-5-10(15)11(16)6-9/h4-6,8H,3,7H2,1-2H3,(H,17,20)(H,18,19)/t8-/m0/s1. The van der Waals surface area contributed by atoms with Crippen molar-refractivity contribution in [1.29, 1.82) is 0 Å². The van der Waals surface area contributed by atoms with Crippen LogP contribution < -0.4 is 10.6 Å². The second-order valence-electron chi connectivity index (χ2n) is 4.39. The number of hydrogen-bond acceptors (Lipinski definition) is 4. The van der Waals surface area contributed by atoms with E-state index in [2.05, 4.69) is 15.4 Å². The number of rotatable bonds is 6. The van der Waals surface area contributed by atoms with Gasteiger partial charge >= 0.3 is 5.97 Å². The Bertz CT molecular complexity index is 578. The van der Waals surface area contributed by atoms with Crippen LogP contribution in [0.5, 0.6) is 0 Å². The zero-order valence-corrected chi connectivity index (χ0v) is 12.1. The van der Waals surface area contributed by atoms with Crippen molar-refractivity contribution in [3.8, 4) is 0 Å². The molecule has 1 atom stereocenters. The normalized spacial score (nSPS) is 11.5. The maximum absolute atomic E-state index is 13.0. The number of amides is 2. The van der Waals surface area contributed by atoms with E-state index in [-0.39, 0.29) is 11.5 Å². The van der Waals surface area contributed by atoms with Crippen LogP contribution in [0.4, 0.5) is 8.78 Å². The summed E-state index contributed by atoms with van der Waals surface area (Å²) in [6.07, 6.45) is 0. The second kappa shape index (κ2) is 8.06. The first-order valence-corrected chi connectivity index (χ1v) is 6.54. The predicted octanol–water partition coefficient (Wildman–Crippen LogP) is 0.762. The molecule has 1 aromatic rings. The van der Waals surface area contributed by atoms with Crippen LogP contribution in [0.15, 0.2) is 18.2 Å². The Balaban J connectivity index is 2.48. The molecular weight excluding hydrogens is 298 g/mol. The zero-order valence-electron chi connectivity index (χ0n) is 12.1. The van der Waals surface area contributed by atoms with Crippen molar-refractivity contribution in [2.75, 3.05) is 13.2 Å². The highest BCUT2D eigenvalue weighted by Gasteiger charge is 2.17. The molecule has 2 amide bonds. The van der Waals surface area contributed by atoms with Gasteiger partial charge in [-0.05, 0) is 32.0 Å². The Morgan fingerprint density at radius 3 is 2.50 bits per heavy atom. The minimum absolute atomic E-state index is 0.219. The molecular formula is C14H16F2N2O4. The van der Waals surface area contributed by atoms with Gasteiger partial charge < -0.3 is 15.4 Å². The van der Waals surface area contributed by atoms with Gasteiger partial charge in [-0.2, -0.15) is 0 Å². The van der Waals surface area contributed by atoms with Crippen LogP contribution in [-0.4, -0.2) is 37.0 Å². The molecule has 22 heavy (non-hydrogen) atoms. The monoisotopic (exact) mass is 314 g/mol. The highest BCUT2D eigenvalue weighted by molar-refractivity contribution is 5.92. The van der Waals surface area contributed by atoms with E-state index in [9.17, 15) is 23.2 Å². The van der Waals surface area contributed by atoms with E-state index in [1.807, 2.05) is 0 Å². The van der Waals surface area contributed by atoms with E-state index < -0.39 is 36.2 Å². The molecule has 0 aliphatic rings. The molecule has 0 fully saturated rings. The molecule has 8 heteroatoms. The summed E-state index contributed by atoms with van der Waals surface area (Å²) >= 11 is 0. The number of carbonyl (C=O) groups excluding carboxylic acids is 3. The van der Waals surface area contributed by atoms with Crippen molar-refractivity contribution in [3.05, 3.63) is 35.4 Å². The lowest BCUT2D eigenvalue weighted by molar-refractivity contribution is -0.130. The Morgan fingerprint density at radius 1 is 1.23 bits per heavy atom. The molecule has 0 radical (unpaired) electrons. The SMILES string of the molecule is CCNC(=O)[C@H](C)NC(=O)COC(=O)c1ccc(F)c(F)c1. The Labute approximate surface area is 125 Å². The summed E-state index contributed by atoms with van der Waals surface area (Å²) in [7, 11) is 0. The van der Waals surface area contributed by atoms with Gasteiger partial charge in [-0.15, -0.1) is 0 Å². The molecule has 0 bridgehead atoms. The Kier molecular flexibility index (Phi) is 6.43. The molecule has 0 saturated carbocycles. The van der Waals surface area contributed by atoms with E-state index in [1.165, 1.54) is 6.92 Å². The van der Waals surface area contributed by atoms with Crippen molar-refractivity contribution < 1.29 is 27.9 Å². The molecule has 2 N–H and O–H groups in total. The summed E-state index contributed by atoms with van der Waals surface area (Å²) < 4.78 is 30.3. The molecule has 1 rings (SSSR count). The number of carbonyl (C=O) groups is 3. The predicted molar refractivity (Wildman–Crippen MR) is 72.9 cm³/mol. The number of hydrogen-bond donors (Lipinski definition) is 2. The van der Waals surface area contributed by atoms with E-state index in [4.69, 9.17) is 0 Å². The van der Waals surface area contributed by atoms with E-state index in [0.29, 0.717) is 12.6 Å². The summed E-state index contributed by atoms with van der Waals surface area (Å²) in [5, 5.41) is 4.84. The van der Waals surface area contributed by atoms with Gasteiger partial charge in [-0.3, -0.25) is 9.59 Å². The van der Waals surface area contributed by atoms with Crippen LogP contribution in [-0.2, 0) is 14.3 Å². The van der Waals surface area contributed by atoms with Gasteiger partial charge in [0, 0.05) is 6.54 Å². The van der Waals surface area contributed by atoms with E-state index in [0.717, 1.165) is 12.1 Å². The van der Waals surface area contributed by atoms with Crippen molar-refractivity contribution in [3.63, 3.8) is 0 Å². The summed E-state index contributed by atoms with van der Waals surface area (Å²) in [4.78, 5) is 34.5. The molecule has 0 aliphatic heterocycles. The Morgan fingerprint density at radius 2 is 1.91 bits per heavy atom. The molecule has 1 aromatic carbocycles. The fraction of sp³-hybridized carbons (Fsp3) is 0.357. The summed E-state index contributed by atoms with van der Waals surface area (Å²) in [5.41, 5.74) is -0.219. The van der Waals surface area contributed by atoms with Crippen molar-refractivity contribution >= 4 is 17.8 Å². The summed E-state index contributed by atoms with van der Waals surface area (Å²) in [5.74, 6) is -4.31. The molecule has 0 saturated heterocycles. The van der Waals surface area contributed by atoms with Crippen LogP contribution in [0, 0.1) is 11.6 Å². The number of halogens is 2. The smallest absolute Gasteiger partial charge is 0.338 e. The topological polar surface area (TPSA) is 84.5 Å². The first-order valence-electron chi connectivity index (χ1n) is 6.54. The number of ether oxygens (including phenoxy) is 1. The zero-order chi connectivity index (χ0) is 16.7. The van der Waals surface area contributed by atoms with Crippen LogP contribution in [0.25, 0.3) is 0 Å². The van der Waals surface area contributed by atoms with Crippen LogP contribution in [0.3, 0.4) is 0 Å². The largest absolute Gasteiger partial charge is 0.452 e. The molecule has 120 valence electrons. The van der Waals surface area contributed by atoms with E-state index in [1.54, 1.807) is 6.92 Å². The highest BCUT2D eigenvalue weighted by atomic mass is 19.2. The van der Waals surface area contributed by atoms with Crippen LogP contribution in [0.2, 0.25) is 0 Å². The van der Waals surface area contributed by atoms with Gasteiger partial charge in [0.05, 0.1) is 5.56 Å². The molecule has 0 aromatic heterocycles. The molecule has 0 heterocycles. The first kappa shape index (κ1) is 17.5. The second-order valence-corrected chi connectivity index (χ2v) is 4.39. The van der Waals surface area contributed by atoms with Gasteiger partial charge in [0.2, 0.25) is 5.91 Å². The number of esters is 1. The van der Waals surface area contributed by atoms with Crippen molar-refractivity contribution in [2.24, 2.45) is 0 Å². The van der Waals surface area contributed by atoms with Crippen molar-refractivity contribution in [2.45, 2.75) is 19.9 Å². The molecule has 6 nitrogen and oxygen atoms in total. The lowest BCUT2D eigenvalue weighted by Crippen LogP contribution is -2.46. The van der Waals surface area contributed by atoms with Gasteiger partial charge in [0.15, 0.2) is 18.2 Å². The van der Waals surface area contributed by atoms with Gasteiger partial charge in [0.25, 0.3) is 5.91 Å². The lowest BCUT2D eigenvalue weighted by Gasteiger charge is -2.13. The minimum atomic E-state index is -1.19. The fourth-order valence-corrected chi connectivity index (χ4v) is 1.51. The quantitative estimate of drug-likeness (QED) is 0.759. The average molecular weight is 314 g/mol. The van der Waals surface area contributed by atoms with Crippen LogP contribution in [0.1, 0.15) is 24.2 Å². The third-order valence-corrected chi connectivity index (χ3v) is 2.61. The van der Waals surface area contributed by atoms with Gasteiger partial charge in [0.1, 0.15) is 6.04 Å². The highest BCUT2D eigenvalue weighted by Crippen LogP contribution is 2.09. The summed E-state index contributed by atoms with van der Waals surface area (Å²) in [6.45, 7) is 2.99. The maximum Gasteiger partial charge on any atom is 0.338 e. The van der Waals surface area contributed by atoms with Crippen LogP contribution >= 0.6 is 0 Å². The number of likely N-dealkylation sites (N-methyl/N-ethyl adjacent to an activating group) is 1. The van der Waals surface area contributed by atoms with Crippen molar-refractivity contribution in [1.82, 2.24) is 10.6 Å². The third kappa shape index (κ3) is 5.12. The molecule has 0 spiro atoms. The average Bonchev–Trinajstić information content (AvgIpc) is 2.47. The fourth-order valence-electron chi connectivity index (χ4n) is 1.51. The lowest BCUT2D eigenvalue weighted by atomic mass is 10.2. The summed E-state index contributed by atoms with van der Waals surface area (Å²) in [6, 6.07) is 1.71. The molecule has 0 aliphatic carbocycles. The van der Waals surface area contributed by atoms with Gasteiger partial charge in [-0.25, -0.2) is 13.6 Å². The van der Waals surface area contributed by atoms with E-state index >= 15 is 0 Å².